The number of urea groups is 1. The number of hydrogen-bond acceptors (Lipinski definition) is 4. The number of halogens is 1. The molecule has 0 saturated carbocycles. The van der Waals surface area contributed by atoms with Crippen molar-refractivity contribution in [1.29, 1.82) is 0 Å². The van der Waals surface area contributed by atoms with Crippen molar-refractivity contribution in [2.45, 2.75) is 6.04 Å². The van der Waals surface area contributed by atoms with Crippen LogP contribution in [0.4, 0.5) is 10.5 Å². The first-order valence-corrected chi connectivity index (χ1v) is 10.4. The number of benzene rings is 2. The number of hydrogen-bond donors (Lipinski definition) is 2. The van der Waals surface area contributed by atoms with Crippen molar-refractivity contribution in [2.24, 2.45) is 0 Å². The Kier molecular flexibility index (Phi) is 5.53. The number of likely N-dealkylation sites (N-methyl/N-ethyl adjacent to an activating group) is 1. The molecule has 2 aliphatic rings. The molecule has 7 nitrogen and oxygen atoms in total. The second kappa shape index (κ2) is 8.12. The highest BCUT2D eigenvalue weighted by molar-refractivity contribution is 9.10. The van der Waals surface area contributed by atoms with E-state index < -0.39 is 0 Å². The van der Waals surface area contributed by atoms with Crippen molar-refractivity contribution in [2.75, 3.05) is 39.2 Å². The number of carbonyl (C=O) groups is 2. The van der Waals surface area contributed by atoms with Crippen LogP contribution in [0.15, 0.2) is 52.5 Å². The molecule has 2 aromatic carbocycles. The Balaban J connectivity index is 1.82. The predicted octanol–water partition coefficient (Wildman–Crippen LogP) is 3.13. The molecule has 0 saturated heterocycles. The molecule has 0 spiro atoms. The number of amides is 3. The minimum atomic E-state index is -0.362. The average Bonchev–Trinajstić information content (AvgIpc) is 2.72. The first kappa shape index (κ1) is 20.4. The Bertz CT molecular complexity index is 1050. The van der Waals surface area contributed by atoms with Gasteiger partial charge in [0, 0.05) is 11.1 Å². The van der Waals surface area contributed by atoms with E-state index in [0.717, 1.165) is 32.6 Å². The van der Waals surface area contributed by atoms with Gasteiger partial charge in [-0.15, -0.1) is 0 Å². The Morgan fingerprint density at radius 1 is 1.27 bits per heavy atom. The van der Waals surface area contributed by atoms with Crippen LogP contribution in [0.25, 0.3) is 5.70 Å². The normalized spacial score (nSPS) is 17.8. The second-order valence-corrected chi connectivity index (χ2v) is 8.41. The zero-order valence-electron chi connectivity index (χ0n) is 17.0. The van der Waals surface area contributed by atoms with E-state index in [2.05, 4.69) is 26.6 Å². The topological polar surface area (TPSA) is 73.9 Å². The molecule has 0 aromatic heterocycles. The number of methoxy groups -OCH3 is 1. The quantitative estimate of drug-likeness (QED) is 0.719. The van der Waals surface area contributed by atoms with E-state index in [4.69, 9.17) is 4.74 Å². The monoisotopic (exact) mass is 470 g/mol. The van der Waals surface area contributed by atoms with Gasteiger partial charge >= 0.3 is 6.03 Å². The number of nitrogens with zero attached hydrogens (tertiary/aromatic N) is 2. The maximum atomic E-state index is 13.0. The molecule has 2 aromatic rings. The third kappa shape index (κ3) is 3.68. The summed E-state index contributed by atoms with van der Waals surface area (Å²) in [5, 5.41) is 5.97. The van der Waals surface area contributed by atoms with Crippen LogP contribution < -0.4 is 20.3 Å². The molecule has 1 unspecified atom stereocenters. The average molecular weight is 471 g/mol. The maximum absolute atomic E-state index is 13.0. The molecule has 30 heavy (non-hydrogen) atoms. The van der Waals surface area contributed by atoms with Gasteiger partial charge in [0.25, 0.3) is 0 Å². The van der Waals surface area contributed by atoms with Gasteiger partial charge in [-0.05, 0) is 53.8 Å². The highest BCUT2D eigenvalue weighted by atomic mass is 79.9. The number of para-hydroxylation sites is 1. The lowest BCUT2D eigenvalue weighted by Crippen LogP contribution is -2.50. The SMILES string of the molecule is COc1ccc(C2NC(=O)NC3=C2CN(C(=O)CN(C)C)c2ccccc23)cc1Br. The molecule has 0 radical (unpaired) electrons. The molecule has 4 rings (SSSR count). The van der Waals surface area contributed by atoms with E-state index in [1.807, 2.05) is 61.5 Å². The summed E-state index contributed by atoms with van der Waals surface area (Å²) in [6, 6.07) is 12.8. The summed E-state index contributed by atoms with van der Waals surface area (Å²) in [5.74, 6) is 0.718. The Hall–Kier alpha value is -2.84. The van der Waals surface area contributed by atoms with Crippen molar-refractivity contribution >= 4 is 39.3 Å². The van der Waals surface area contributed by atoms with Gasteiger partial charge in [0.05, 0.1) is 42.1 Å². The zero-order valence-corrected chi connectivity index (χ0v) is 18.6. The Morgan fingerprint density at radius 3 is 2.73 bits per heavy atom. The number of anilines is 1. The van der Waals surface area contributed by atoms with E-state index in [-0.39, 0.29) is 18.0 Å². The number of ether oxygens (including phenoxy) is 1. The number of fused-ring (bicyclic) bond motifs is 2. The molecular formula is C22H23BrN4O3. The van der Waals surface area contributed by atoms with E-state index in [1.54, 1.807) is 12.0 Å². The number of rotatable bonds is 4. The van der Waals surface area contributed by atoms with Crippen molar-refractivity contribution in [1.82, 2.24) is 15.5 Å². The smallest absolute Gasteiger partial charge is 0.320 e. The molecule has 3 amide bonds. The van der Waals surface area contributed by atoms with Crippen LogP contribution in [0.1, 0.15) is 17.2 Å². The van der Waals surface area contributed by atoms with Gasteiger partial charge in [-0.1, -0.05) is 24.3 Å². The predicted molar refractivity (Wildman–Crippen MR) is 119 cm³/mol. The molecule has 0 aliphatic carbocycles. The second-order valence-electron chi connectivity index (χ2n) is 7.56. The summed E-state index contributed by atoms with van der Waals surface area (Å²) in [7, 11) is 5.36. The van der Waals surface area contributed by atoms with Gasteiger partial charge < -0.3 is 25.2 Å². The van der Waals surface area contributed by atoms with Gasteiger partial charge in [-0.2, -0.15) is 0 Å². The van der Waals surface area contributed by atoms with E-state index in [0.29, 0.717) is 18.8 Å². The highest BCUT2D eigenvalue weighted by Gasteiger charge is 2.36. The van der Waals surface area contributed by atoms with E-state index in [9.17, 15) is 9.59 Å². The standard InChI is InChI=1S/C22H23BrN4O3/c1-26(2)12-19(28)27-11-15-20(13-8-9-18(30-3)16(23)10-13)24-22(29)25-21(15)14-6-4-5-7-17(14)27/h4-10,20H,11-12H2,1-3H3,(H2,24,25,29). The first-order valence-electron chi connectivity index (χ1n) is 9.57. The van der Waals surface area contributed by atoms with Gasteiger partial charge in [0.1, 0.15) is 5.75 Å². The van der Waals surface area contributed by atoms with Crippen molar-refractivity contribution < 1.29 is 14.3 Å². The van der Waals surface area contributed by atoms with E-state index >= 15 is 0 Å². The van der Waals surface area contributed by atoms with Crippen LogP contribution in [0.3, 0.4) is 0 Å². The minimum Gasteiger partial charge on any atom is -0.496 e. The Labute approximate surface area is 183 Å². The van der Waals surface area contributed by atoms with Crippen LogP contribution in [0.2, 0.25) is 0 Å². The molecule has 2 N–H and O–H groups in total. The molecule has 1 atom stereocenters. The fourth-order valence-electron chi connectivity index (χ4n) is 3.90. The van der Waals surface area contributed by atoms with Crippen LogP contribution >= 0.6 is 15.9 Å². The van der Waals surface area contributed by atoms with E-state index in [1.165, 1.54) is 0 Å². The third-order valence-corrected chi connectivity index (χ3v) is 5.86. The van der Waals surface area contributed by atoms with Crippen molar-refractivity contribution in [3.8, 4) is 5.75 Å². The minimum absolute atomic E-state index is 0.00515. The first-order chi connectivity index (χ1) is 14.4. The van der Waals surface area contributed by atoms with Gasteiger partial charge in [-0.25, -0.2) is 4.79 Å². The molecule has 8 heteroatoms. The molecule has 0 bridgehead atoms. The molecule has 0 fully saturated rings. The fourth-order valence-corrected chi connectivity index (χ4v) is 4.46. The van der Waals surface area contributed by atoms with Gasteiger partial charge in [0.2, 0.25) is 5.91 Å². The van der Waals surface area contributed by atoms with Crippen molar-refractivity contribution in [3.63, 3.8) is 0 Å². The molecule has 2 heterocycles. The van der Waals surface area contributed by atoms with Crippen LogP contribution in [0, 0.1) is 0 Å². The van der Waals surface area contributed by atoms with Crippen LogP contribution in [0.5, 0.6) is 5.75 Å². The molecular weight excluding hydrogens is 448 g/mol. The molecule has 2 aliphatic heterocycles. The summed E-state index contributed by atoms with van der Waals surface area (Å²) in [4.78, 5) is 29.2. The van der Waals surface area contributed by atoms with Crippen molar-refractivity contribution in [3.05, 3.63) is 63.6 Å². The van der Waals surface area contributed by atoms with Crippen LogP contribution in [-0.4, -0.2) is 51.1 Å². The molecule has 156 valence electrons. The lowest BCUT2D eigenvalue weighted by Gasteiger charge is -2.39. The maximum Gasteiger partial charge on any atom is 0.320 e. The zero-order chi connectivity index (χ0) is 21.4. The van der Waals surface area contributed by atoms with Gasteiger partial charge in [-0.3, -0.25) is 4.79 Å². The van der Waals surface area contributed by atoms with Gasteiger partial charge in [0.15, 0.2) is 0 Å². The Morgan fingerprint density at radius 2 is 2.03 bits per heavy atom. The lowest BCUT2D eigenvalue weighted by atomic mass is 9.88. The van der Waals surface area contributed by atoms with Crippen LogP contribution in [-0.2, 0) is 4.79 Å². The summed E-state index contributed by atoms with van der Waals surface area (Å²) in [6.45, 7) is 0.691. The number of nitrogens with one attached hydrogen (secondary N) is 2. The summed E-state index contributed by atoms with van der Waals surface area (Å²) in [6.07, 6.45) is 0. The summed E-state index contributed by atoms with van der Waals surface area (Å²) >= 11 is 3.53. The third-order valence-electron chi connectivity index (χ3n) is 5.24. The fraction of sp³-hybridized carbons (Fsp3) is 0.273. The largest absolute Gasteiger partial charge is 0.496 e. The lowest BCUT2D eigenvalue weighted by molar-refractivity contribution is -0.119. The summed E-state index contributed by atoms with van der Waals surface area (Å²) in [5.41, 5.74) is 4.26. The highest BCUT2D eigenvalue weighted by Crippen LogP contribution is 2.41. The summed E-state index contributed by atoms with van der Waals surface area (Å²) < 4.78 is 6.13. The number of carbonyl (C=O) groups excluding carboxylic acids is 2.